The van der Waals surface area contributed by atoms with Crippen LogP contribution in [0.5, 0.6) is 0 Å². The van der Waals surface area contributed by atoms with Crippen molar-refractivity contribution in [1.82, 2.24) is 4.90 Å². The number of amides is 1. The number of esters is 1. The van der Waals surface area contributed by atoms with Gasteiger partial charge in [0, 0.05) is 38.0 Å². The summed E-state index contributed by atoms with van der Waals surface area (Å²) in [5.74, 6) is -1.19. The van der Waals surface area contributed by atoms with Gasteiger partial charge in [-0.25, -0.2) is 0 Å². The Kier molecular flexibility index (Phi) is 9.66. The van der Waals surface area contributed by atoms with E-state index in [-0.39, 0.29) is 41.1 Å². The van der Waals surface area contributed by atoms with Gasteiger partial charge in [-0.1, -0.05) is 93.6 Å². The van der Waals surface area contributed by atoms with Crippen LogP contribution < -0.4 is 10.4 Å². The van der Waals surface area contributed by atoms with Crippen LogP contribution in [0.15, 0.2) is 72.8 Å². The highest BCUT2D eigenvalue weighted by molar-refractivity contribution is 6.99. The number of methoxy groups -OCH3 is 1. The smallest absolute Gasteiger partial charge is 0.312 e. The zero-order valence-corrected chi connectivity index (χ0v) is 28.1. The molecule has 2 aromatic carbocycles. The molecule has 0 radical (unpaired) electrons. The minimum Gasteiger partial charge on any atom is -0.469 e. The van der Waals surface area contributed by atoms with Crippen LogP contribution in [0.4, 0.5) is 0 Å². The lowest BCUT2D eigenvalue weighted by atomic mass is 9.72. The second kappa shape index (κ2) is 13.1. The summed E-state index contributed by atoms with van der Waals surface area (Å²) in [7, 11) is 0.422. The summed E-state index contributed by atoms with van der Waals surface area (Å²) in [5, 5.41) is 2.20. The first-order valence-corrected chi connectivity index (χ1v) is 18.3. The van der Waals surface area contributed by atoms with Gasteiger partial charge >= 0.3 is 5.97 Å². The first-order chi connectivity index (χ1) is 21.0. The van der Waals surface area contributed by atoms with Crippen LogP contribution in [0.25, 0.3) is 0 Å². The van der Waals surface area contributed by atoms with E-state index in [1.54, 1.807) is 0 Å². The van der Waals surface area contributed by atoms with Crippen molar-refractivity contribution in [2.75, 3.05) is 20.7 Å². The quantitative estimate of drug-likeness (QED) is 0.246. The molecule has 0 N–H and O–H groups in total. The maximum atomic E-state index is 14.3. The van der Waals surface area contributed by atoms with Gasteiger partial charge in [0.05, 0.1) is 12.5 Å². The molecule has 236 valence electrons. The second-order valence-corrected chi connectivity index (χ2v) is 18.5. The summed E-state index contributed by atoms with van der Waals surface area (Å²) in [6, 6.07) is 21.1. The number of fused-ring (bicyclic) bond motifs is 2. The van der Waals surface area contributed by atoms with E-state index < -0.39 is 25.6 Å². The Hall–Kier alpha value is -3.03. The van der Waals surface area contributed by atoms with Crippen molar-refractivity contribution in [2.45, 2.75) is 83.3 Å². The zero-order chi connectivity index (χ0) is 31.5. The molecular formula is C37H49NO5Si. The molecule has 1 amide bonds. The molecule has 44 heavy (non-hydrogen) atoms. The van der Waals surface area contributed by atoms with Crippen LogP contribution in [-0.4, -0.2) is 57.7 Å². The number of rotatable bonds is 5. The van der Waals surface area contributed by atoms with E-state index in [2.05, 4.69) is 81.5 Å². The maximum Gasteiger partial charge on any atom is 0.312 e. The fraction of sp³-hybridized carbons (Fsp3) is 0.541. The van der Waals surface area contributed by atoms with Crippen molar-refractivity contribution in [2.24, 2.45) is 23.2 Å². The van der Waals surface area contributed by atoms with Gasteiger partial charge in [-0.2, -0.15) is 0 Å². The normalized spacial score (nSPS) is 29.2. The third-order valence-electron chi connectivity index (χ3n) is 10.4. The molecule has 0 saturated heterocycles. The summed E-state index contributed by atoms with van der Waals surface area (Å²) >= 11 is 0. The van der Waals surface area contributed by atoms with Gasteiger partial charge in [0.2, 0.25) is 5.91 Å². The molecular weight excluding hydrogens is 566 g/mol. The molecule has 0 spiro atoms. The fourth-order valence-electron chi connectivity index (χ4n) is 7.84. The van der Waals surface area contributed by atoms with Crippen molar-refractivity contribution >= 4 is 36.4 Å². The Morgan fingerprint density at radius 3 is 2.16 bits per heavy atom. The Labute approximate surface area is 264 Å². The standard InChI is InChI=1S/C37H49NO5Si/c1-36(2,3)44(29-17-11-8-12-18-29,30-19-13-9-14-20-30)43-28-21-22-31-32(24-28)33(39)26-37(35(41)42-5)25-27(37)16-10-6-7-15-23-38(4)34(31)40/h8-14,16-20,27-28,31-32H,6-7,15,21-26H2,1-5H3/b16-10-/t27-,28-,31-,32-,37-/m1/s1. The van der Waals surface area contributed by atoms with Crippen molar-refractivity contribution in [3.8, 4) is 0 Å². The molecule has 5 atom stereocenters. The molecule has 0 aromatic heterocycles. The molecule has 5 rings (SSSR count). The van der Waals surface area contributed by atoms with E-state index in [4.69, 9.17) is 9.16 Å². The van der Waals surface area contributed by atoms with E-state index in [1.165, 1.54) is 17.5 Å². The van der Waals surface area contributed by atoms with Crippen LogP contribution >= 0.6 is 0 Å². The lowest BCUT2D eigenvalue weighted by Crippen LogP contribution is -2.68. The first-order valence-electron chi connectivity index (χ1n) is 16.3. The fourth-order valence-corrected chi connectivity index (χ4v) is 12.6. The van der Waals surface area contributed by atoms with E-state index in [1.807, 2.05) is 24.1 Å². The van der Waals surface area contributed by atoms with Gasteiger partial charge in [0.1, 0.15) is 5.78 Å². The highest BCUT2D eigenvalue weighted by atomic mass is 28.4. The molecule has 0 unspecified atom stereocenters. The number of carbonyl (C=O) groups excluding carboxylic acids is 3. The number of carbonyl (C=O) groups is 3. The maximum absolute atomic E-state index is 14.3. The predicted octanol–water partition coefficient (Wildman–Crippen LogP) is 5.68. The molecule has 2 saturated carbocycles. The van der Waals surface area contributed by atoms with E-state index in [0.717, 1.165) is 19.3 Å². The molecule has 1 heterocycles. The van der Waals surface area contributed by atoms with E-state index >= 15 is 0 Å². The first kappa shape index (κ1) is 32.4. The van der Waals surface area contributed by atoms with Crippen molar-refractivity contribution < 1.29 is 23.5 Å². The number of ketones is 1. The summed E-state index contributed by atoms with van der Waals surface area (Å²) < 4.78 is 12.7. The monoisotopic (exact) mass is 615 g/mol. The van der Waals surface area contributed by atoms with E-state index in [0.29, 0.717) is 32.2 Å². The minimum atomic E-state index is -2.85. The lowest BCUT2D eigenvalue weighted by Gasteiger charge is -2.47. The van der Waals surface area contributed by atoms with Crippen molar-refractivity contribution in [1.29, 1.82) is 0 Å². The van der Waals surface area contributed by atoms with Gasteiger partial charge in [0.25, 0.3) is 8.32 Å². The largest absolute Gasteiger partial charge is 0.469 e. The van der Waals surface area contributed by atoms with Crippen LogP contribution in [0.1, 0.15) is 72.1 Å². The predicted molar refractivity (Wildman–Crippen MR) is 176 cm³/mol. The van der Waals surface area contributed by atoms with E-state index in [9.17, 15) is 14.4 Å². The van der Waals surface area contributed by atoms with Crippen LogP contribution in [0, 0.1) is 23.2 Å². The molecule has 0 bridgehead atoms. The minimum absolute atomic E-state index is 0.00594. The summed E-state index contributed by atoms with van der Waals surface area (Å²) in [6.07, 6.45) is 9.35. The number of hydrogen-bond donors (Lipinski definition) is 0. The number of nitrogens with zero attached hydrogens (tertiary/aromatic N) is 1. The molecule has 3 aliphatic rings. The van der Waals surface area contributed by atoms with Gasteiger partial charge in [-0.3, -0.25) is 14.4 Å². The van der Waals surface area contributed by atoms with Gasteiger partial charge in [-0.05, 0) is 66.3 Å². The second-order valence-electron chi connectivity index (χ2n) is 14.2. The number of benzene rings is 2. The average Bonchev–Trinajstić information content (AvgIpc) is 3.73. The third kappa shape index (κ3) is 6.23. The van der Waals surface area contributed by atoms with Crippen LogP contribution in [0.3, 0.4) is 0 Å². The van der Waals surface area contributed by atoms with Crippen molar-refractivity contribution in [3.63, 3.8) is 0 Å². The molecule has 2 aromatic rings. The topological polar surface area (TPSA) is 72.9 Å². The summed E-state index contributed by atoms with van der Waals surface area (Å²) in [5.41, 5.74) is -0.822. The van der Waals surface area contributed by atoms with Crippen LogP contribution in [-0.2, 0) is 23.5 Å². The van der Waals surface area contributed by atoms with Gasteiger partial charge in [-0.15, -0.1) is 0 Å². The van der Waals surface area contributed by atoms with Gasteiger partial charge < -0.3 is 14.1 Å². The number of hydrogen-bond acceptors (Lipinski definition) is 5. The van der Waals surface area contributed by atoms with Crippen molar-refractivity contribution in [3.05, 3.63) is 72.8 Å². The summed E-state index contributed by atoms with van der Waals surface area (Å²) in [4.78, 5) is 43.1. The number of Topliss-reactive ketones (excluding diaryl/α,β-unsaturated/α-hetero) is 1. The Bertz CT molecular complexity index is 1310. The van der Waals surface area contributed by atoms with Gasteiger partial charge in [0.15, 0.2) is 0 Å². The Morgan fingerprint density at radius 2 is 1.57 bits per heavy atom. The molecule has 2 aliphatic carbocycles. The highest BCUT2D eigenvalue weighted by Gasteiger charge is 2.61. The highest BCUT2D eigenvalue weighted by Crippen LogP contribution is 2.58. The summed E-state index contributed by atoms with van der Waals surface area (Å²) in [6.45, 7) is 7.46. The lowest BCUT2D eigenvalue weighted by molar-refractivity contribution is -0.151. The van der Waals surface area contributed by atoms with Crippen LogP contribution in [0.2, 0.25) is 5.04 Å². The third-order valence-corrected chi connectivity index (χ3v) is 15.5. The molecule has 2 fully saturated rings. The molecule has 7 heteroatoms. The Balaban J connectivity index is 1.51. The molecule has 6 nitrogen and oxygen atoms in total. The zero-order valence-electron chi connectivity index (χ0n) is 27.1. The number of ether oxygens (including phenoxy) is 1. The number of allylic oxidation sites excluding steroid dienone is 2. The average molecular weight is 616 g/mol. The molecule has 1 aliphatic heterocycles. The SMILES string of the molecule is COC(=O)[C@]12CC(=O)[C@@H]3C[C@H](O[Si](c4ccccc4)(c4ccccc4)C(C)(C)C)CC[C@H]3C(=O)N(C)CCCC/C=C\[C@@H]1C2. The Morgan fingerprint density at radius 1 is 0.932 bits per heavy atom.